The number of para-hydroxylation sites is 2. The Morgan fingerprint density at radius 2 is 1.91 bits per heavy atom. The van der Waals surface area contributed by atoms with Crippen molar-refractivity contribution >= 4 is 11.1 Å². The fourth-order valence-electron chi connectivity index (χ4n) is 2.66. The highest BCUT2D eigenvalue weighted by Gasteiger charge is 2.23. The number of aromatic nitrogens is 4. The third-order valence-corrected chi connectivity index (χ3v) is 3.73. The lowest BCUT2D eigenvalue weighted by atomic mass is 10.1. The van der Waals surface area contributed by atoms with E-state index in [1.165, 1.54) is 0 Å². The van der Waals surface area contributed by atoms with E-state index in [0.29, 0.717) is 5.89 Å². The summed E-state index contributed by atoms with van der Waals surface area (Å²) in [6.07, 6.45) is 1.91. The van der Waals surface area contributed by atoms with E-state index in [0.717, 1.165) is 28.2 Å². The van der Waals surface area contributed by atoms with Crippen molar-refractivity contribution in [2.75, 3.05) is 0 Å². The molecule has 4 rings (SSSR count). The van der Waals surface area contributed by atoms with Gasteiger partial charge in [0.15, 0.2) is 5.58 Å². The summed E-state index contributed by atoms with van der Waals surface area (Å²) in [4.78, 5) is 7.79. The standard InChI is InChI=1S/C18H18N4O/c1-18(2,3)22-15(12-8-6-10-19-12)11-14(21-22)17-20-13-7-4-5-9-16(13)23-17/h4-11,19H,1-3H3. The zero-order valence-electron chi connectivity index (χ0n) is 13.4. The fraction of sp³-hybridized carbons (Fsp3) is 0.222. The molecule has 5 nitrogen and oxygen atoms in total. The molecule has 5 heteroatoms. The van der Waals surface area contributed by atoms with Gasteiger partial charge >= 0.3 is 0 Å². The molecule has 1 aromatic carbocycles. The third-order valence-electron chi connectivity index (χ3n) is 3.73. The van der Waals surface area contributed by atoms with Crippen molar-refractivity contribution in [2.24, 2.45) is 0 Å². The van der Waals surface area contributed by atoms with Crippen LogP contribution in [0.15, 0.2) is 53.1 Å². The van der Waals surface area contributed by atoms with Crippen LogP contribution in [0.1, 0.15) is 20.8 Å². The van der Waals surface area contributed by atoms with Crippen LogP contribution in [-0.4, -0.2) is 19.7 Å². The summed E-state index contributed by atoms with van der Waals surface area (Å²) >= 11 is 0. The van der Waals surface area contributed by atoms with Gasteiger partial charge < -0.3 is 9.40 Å². The molecule has 0 saturated heterocycles. The molecule has 0 bridgehead atoms. The van der Waals surface area contributed by atoms with Gasteiger partial charge in [-0.05, 0) is 51.1 Å². The molecule has 0 unspecified atom stereocenters. The number of hydrogen-bond donors (Lipinski definition) is 1. The summed E-state index contributed by atoms with van der Waals surface area (Å²) in [7, 11) is 0. The van der Waals surface area contributed by atoms with Crippen molar-refractivity contribution in [3.05, 3.63) is 48.7 Å². The molecule has 23 heavy (non-hydrogen) atoms. The van der Waals surface area contributed by atoms with Gasteiger partial charge in [0.05, 0.1) is 16.9 Å². The number of aromatic amines is 1. The highest BCUT2D eigenvalue weighted by molar-refractivity contribution is 5.76. The van der Waals surface area contributed by atoms with Crippen LogP contribution in [-0.2, 0) is 5.54 Å². The normalized spacial score (nSPS) is 12.1. The molecular weight excluding hydrogens is 288 g/mol. The highest BCUT2D eigenvalue weighted by Crippen LogP contribution is 2.30. The summed E-state index contributed by atoms with van der Waals surface area (Å²) in [5, 5.41) is 4.74. The Hall–Kier alpha value is -2.82. The SMILES string of the molecule is CC(C)(C)n1nc(-c2nc3ccccc3o2)cc1-c1ccc[nH]1. The summed E-state index contributed by atoms with van der Waals surface area (Å²) in [5.41, 5.74) is 4.24. The molecule has 0 saturated carbocycles. The average molecular weight is 306 g/mol. The van der Waals surface area contributed by atoms with Crippen LogP contribution >= 0.6 is 0 Å². The first-order valence-electron chi connectivity index (χ1n) is 7.62. The maximum Gasteiger partial charge on any atom is 0.248 e. The fourth-order valence-corrected chi connectivity index (χ4v) is 2.66. The number of fused-ring (bicyclic) bond motifs is 1. The second kappa shape index (κ2) is 4.84. The zero-order valence-corrected chi connectivity index (χ0v) is 13.4. The number of H-pyrrole nitrogens is 1. The number of benzene rings is 1. The minimum atomic E-state index is -0.148. The van der Waals surface area contributed by atoms with Gasteiger partial charge in [-0.1, -0.05) is 12.1 Å². The molecule has 0 aliphatic heterocycles. The lowest BCUT2D eigenvalue weighted by Gasteiger charge is -2.21. The van der Waals surface area contributed by atoms with Crippen molar-refractivity contribution in [2.45, 2.75) is 26.3 Å². The van der Waals surface area contributed by atoms with Gasteiger partial charge in [0.25, 0.3) is 0 Å². The quantitative estimate of drug-likeness (QED) is 0.595. The summed E-state index contributed by atoms with van der Waals surface area (Å²) in [6, 6.07) is 13.8. The van der Waals surface area contributed by atoms with Crippen molar-refractivity contribution in [1.82, 2.24) is 19.7 Å². The van der Waals surface area contributed by atoms with E-state index >= 15 is 0 Å². The topological polar surface area (TPSA) is 59.6 Å². The number of rotatable bonds is 2. The van der Waals surface area contributed by atoms with Crippen LogP contribution in [0.25, 0.3) is 34.1 Å². The molecule has 0 amide bonds. The zero-order chi connectivity index (χ0) is 16.0. The molecule has 1 N–H and O–H groups in total. The Bertz CT molecular complexity index is 922. The minimum absolute atomic E-state index is 0.148. The van der Waals surface area contributed by atoms with Gasteiger partial charge in [0.1, 0.15) is 11.2 Å². The Labute approximate surface area is 134 Å². The first kappa shape index (κ1) is 13.8. The molecular formula is C18H18N4O. The van der Waals surface area contributed by atoms with E-state index in [2.05, 4.69) is 30.7 Å². The minimum Gasteiger partial charge on any atom is -0.435 e. The van der Waals surface area contributed by atoms with Gasteiger partial charge in [-0.25, -0.2) is 4.98 Å². The number of nitrogens with one attached hydrogen (secondary N) is 1. The van der Waals surface area contributed by atoms with Crippen molar-refractivity contribution in [1.29, 1.82) is 0 Å². The molecule has 0 radical (unpaired) electrons. The molecule has 0 atom stereocenters. The second-order valence-corrected chi connectivity index (χ2v) is 6.57. The predicted octanol–water partition coefficient (Wildman–Crippen LogP) is 4.44. The lowest BCUT2D eigenvalue weighted by Crippen LogP contribution is -2.24. The number of hydrogen-bond acceptors (Lipinski definition) is 3. The second-order valence-electron chi connectivity index (χ2n) is 6.57. The van der Waals surface area contributed by atoms with Gasteiger partial charge in [-0.2, -0.15) is 5.10 Å². The van der Waals surface area contributed by atoms with Crippen LogP contribution in [0.4, 0.5) is 0 Å². The van der Waals surface area contributed by atoms with E-state index < -0.39 is 0 Å². The van der Waals surface area contributed by atoms with E-state index in [1.807, 2.05) is 53.3 Å². The Morgan fingerprint density at radius 3 is 2.61 bits per heavy atom. The van der Waals surface area contributed by atoms with Crippen LogP contribution in [0.5, 0.6) is 0 Å². The first-order chi connectivity index (χ1) is 11.0. The van der Waals surface area contributed by atoms with E-state index in [1.54, 1.807) is 0 Å². The highest BCUT2D eigenvalue weighted by atomic mass is 16.3. The molecule has 0 fully saturated rings. The van der Waals surface area contributed by atoms with E-state index in [-0.39, 0.29) is 5.54 Å². The van der Waals surface area contributed by atoms with Gasteiger partial charge in [-0.15, -0.1) is 0 Å². The van der Waals surface area contributed by atoms with Gasteiger partial charge in [-0.3, -0.25) is 4.68 Å². The van der Waals surface area contributed by atoms with Crippen molar-refractivity contribution in [3.63, 3.8) is 0 Å². The third kappa shape index (κ3) is 2.34. The first-order valence-corrected chi connectivity index (χ1v) is 7.62. The maximum absolute atomic E-state index is 5.86. The molecule has 3 heterocycles. The largest absolute Gasteiger partial charge is 0.435 e. The molecule has 0 aliphatic carbocycles. The molecule has 0 spiro atoms. The summed E-state index contributed by atoms with van der Waals surface area (Å²) in [6.45, 7) is 6.38. The monoisotopic (exact) mass is 306 g/mol. The van der Waals surface area contributed by atoms with Crippen LogP contribution in [0, 0.1) is 0 Å². The van der Waals surface area contributed by atoms with Crippen molar-refractivity contribution in [3.8, 4) is 23.0 Å². The van der Waals surface area contributed by atoms with Crippen molar-refractivity contribution < 1.29 is 4.42 Å². The summed E-state index contributed by atoms with van der Waals surface area (Å²) < 4.78 is 7.86. The molecule has 0 aliphatic rings. The number of nitrogens with zero attached hydrogens (tertiary/aromatic N) is 3. The Morgan fingerprint density at radius 1 is 1.09 bits per heavy atom. The van der Waals surface area contributed by atoms with Crippen LogP contribution < -0.4 is 0 Å². The molecule has 3 aromatic heterocycles. The van der Waals surface area contributed by atoms with E-state index in [9.17, 15) is 0 Å². The van der Waals surface area contributed by atoms with Gasteiger partial charge in [0.2, 0.25) is 5.89 Å². The lowest BCUT2D eigenvalue weighted by molar-refractivity contribution is 0.360. The predicted molar refractivity (Wildman–Crippen MR) is 90.0 cm³/mol. The molecule has 4 aromatic rings. The average Bonchev–Trinajstić information content (AvgIpc) is 3.23. The van der Waals surface area contributed by atoms with E-state index in [4.69, 9.17) is 9.52 Å². The molecule has 116 valence electrons. The number of oxazole rings is 1. The Balaban J connectivity index is 1.89. The van der Waals surface area contributed by atoms with Crippen LogP contribution in [0.2, 0.25) is 0 Å². The maximum atomic E-state index is 5.86. The van der Waals surface area contributed by atoms with Crippen LogP contribution in [0.3, 0.4) is 0 Å². The summed E-state index contributed by atoms with van der Waals surface area (Å²) in [5.74, 6) is 0.544. The Kier molecular flexibility index (Phi) is 2.91. The van der Waals surface area contributed by atoms with Gasteiger partial charge in [0, 0.05) is 6.20 Å². The smallest absolute Gasteiger partial charge is 0.248 e.